The van der Waals surface area contributed by atoms with Gasteiger partial charge >= 0.3 is 0 Å². The minimum Gasteiger partial charge on any atom is -0.322 e. The van der Waals surface area contributed by atoms with Crippen molar-refractivity contribution < 1.29 is 8.42 Å². The quantitative estimate of drug-likeness (QED) is 0.931. The lowest BCUT2D eigenvalue weighted by atomic mass is 10.2. The predicted octanol–water partition coefficient (Wildman–Crippen LogP) is 2.25. The minimum absolute atomic E-state index is 0.465. The fourth-order valence-electron chi connectivity index (χ4n) is 1.21. The Morgan fingerprint density at radius 2 is 2.07 bits per heavy atom. The summed E-state index contributed by atoms with van der Waals surface area (Å²) in [5, 5.41) is -0.563. The van der Waals surface area contributed by atoms with Crippen LogP contribution in [0.15, 0.2) is 10.5 Å². The maximum Gasteiger partial charge on any atom is 0.151 e. The highest BCUT2D eigenvalue weighted by Gasteiger charge is 2.26. The van der Waals surface area contributed by atoms with Crippen LogP contribution in [0.4, 0.5) is 0 Å². The molecule has 0 aliphatic heterocycles. The summed E-state index contributed by atoms with van der Waals surface area (Å²) in [6.07, 6.45) is 1.21. The molecule has 86 valence electrons. The highest BCUT2D eigenvalue weighted by molar-refractivity contribution is 9.10. The highest BCUT2D eigenvalue weighted by Crippen LogP contribution is 2.33. The average molecular weight is 312 g/mol. The second-order valence-corrected chi connectivity index (χ2v) is 8.17. The molecule has 2 N–H and O–H groups in total. The second-order valence-electron chi connectivity index (χ2n) is 3.63. The van der Waals surface area contributed by atoms with Gasteiger partial charge in [0.2, 0.25) is 0 Å². The third kappa shape index (κ3) is 3.03. The Labute approximate surface area is 103 Å². The molecular formula is C9H14BrNO2S2. The second kappa shape index (κ2) is 4.53. The summed E-state index contributed by atoms with van der Waals surface area (Å²) in [6, 6.07) is 1.49. The van der Waals surface area contributed by atoms with Crippen LogP contribution in [0.5, 0.6) is 0 Å². The van der Waals surface area contributed by atoms with Gasteiger partial charge < -0.3 is 5.73 Å². The van der Waals surface area contributed by atoms with Crippen molar-refractivity contribution in [3.8, 4) is 0 Å². The zero-order chi connectivity index (χ0) is 11.8. The first-order chi connectivity index (χ1) is 6.73. The van der Waals surface area contributed by atoms with E-state index in [0.717, 1.165) is 14.2 Å². The molecule has 0 amide bonds. The number of sulfone groups is 1. The molecule has 2 atom stereocenters. The summed E-state index contributed by atoms with van der Waals surface area (Å²) in [4.78, 5) is 2.01. The third-order valence-electron chi connectivity index (χ3n) is 2.32. The summed E-state index contributed by atoms with van der Waals surface area (Å²) in [5.41, 5.74) is 5.94. The average Bonchev–Trinajstić information content (AvgIpc) is 2.41. The van der Waals surface area contributed by atoms with Crippen molar-refractivity contribution in [2.24, 2.45) is 5.73 Å². The maximum atomic E-state index is 11.4. The van der Waals surface area contributed by atoms with Gasteiger partial charge in [-0.25, -0.2) is 8.42 Å². The maximum absolute atomic E-state index is 11.4. The first-order valence-corrected chi connectivity index (χ1v) is 8.00. The van der Waals surface area contributed by atoms with Gasteiger partial charge in [-0.3, -0.25) is 0 Å². The summed E-state index contributed by atoms with van der Waals surface area (Å²) < 4.78 is 23.6. The zero-order valence-electron chi connectivity index (χ0n) is 8.82. The van der Waals surface area contributed by atoms with E-state index in [1.807, 2.05) is 13.0 Å². The first kappa shape index (κ1) is 13.2. The molecule has 0 saturated carbocycles. The number of hydrogen-bond donors (Lipinski definition) is 1. The van der Waals surface area contributed by atoms with Gasteiger partial charge in [-0.1, -0.05) is 0 Å². The Hall–Kier alpha value is 0.0900. The monoisotopic (exact) mass is 311 g/mol. The van der Waals surface area contributed by atoms with Crippen molar-refractivity contribution in [3.63, 3.8) is 0 Å². The minimum atomic E-state index is -3.10. The molecular weight excluding hydrogens is 298 g/mol. The first-order valence-electron chi connectivity index (χ1n) is 4.43. The van der Waals surface area contributed by atoms with Gasteiger partial charge in [0.1, 0.15) is 0 Å². The molecule has 6 heteroatoms. The largest absolute Gasteiger partial charge is 0.322 e. The molecule has 1 aromatic heterocycles. The highest BCUT2D eigenvalue weighted by atomic mass is 79.9. The summed E-state index contributed by atoms with van der Waals surface area (Å²) in [7, 11) is -3.10. The Morgan fingerprint density at radius 3 is 2.40 bits per heavy atom. The Kier molecular flexibility index (Phi) is 3.97. The van der Waals surface area contributed by atoms with Crippen molar-refractivity contribution in [1.82, 2.24) is 0 Å². The van der Waals surface area contributed by atoms with Crippen molar-refractivity contribution in [2.45, 2.75) is 25.1 Å². The van der Waals surface area contributed by atoms with Crippen LogP contribution in [-0.4, -0.2) is 19.9 Å². The van der Waals surface area contributed by atoms with Crippen LogP contribution in [0, 0.1) is 6.92 Å². The van der Waals surface area contributed by atoms with Crippen molar-refractivity contribution in [3.05, 3.63) is 20.3 Å². The van der Waals surface area contributed by atoms with Crippen LogP contribution in [0.1, 0.15) is 22.7 Å². The van der Waals surface area contributed by atoms with E-state index in [0.29, 0.717) is 0 Å². The fourth-order valence-corrected chi connectivity index (χ4v) is 3.99. The summed E-state index contributed by atoms with van der Waals surface area (Å²) >= 11 is 4.92. The van der Waals surface area contributed by atoms with E-state index in [1.165, 1.54) is 17.6 Å². The third-order valence-corrected chi connectivity index (χ3v) is 6.03. The van der Waals surface area contributed by atoms with E-state index in [4.69, 9.17) is 5.73 Å². The predicted molar refractivity (Wildman–Crippen MR) is 68.0 cm³/mol. The fraction of sp³-hybridized carbons (Fsp3) is 0.556. The molecule has 15 heavy (non-hydrogen) atoms. The molecule has 0 saturated heterocycles. The number of rotatable bonds is 3. The van der Waals surface area contributed by atoms with E-state index < -0.39 is 21.1 Å². The molecule has 0 radical (unpaired) electrons. The lowest BCUT2D eigenvalue weighted by Crippen LogP contribution is -2.30. The summed E-state index contributed by atoms with van der Waals surface area (Å²) in [6.45, 7) is 3.61. The van der Waals surface area contributed by atoms with Crippen LogP contribution in [0.2, 0.25) is 0 Å². The molecule has 0 fully saturated rings. The SMILES string of the molecule is Cc1cc(Br)c(C(N)C(C)S(C)(=O)=O)s1. The van der Waals surface area contributed by atoms with Crippen molar-refractivity contribution >= 4 is 37.1 Å². The topological polar surface area (TPSA) is 60.2 Å². The van der Waals surface area contributed by atoms with E-state index in [2.05, 4.69) is 15.9 Å². The molecule has 2 unspecified atom stereocenters. The van der Waals surface area contributed by atoms with Gasteiger partial charge in [-0.05, 0) is 35.8 Å². The molecule has 1 heterocycles. The van der Waals surface area contributed by atoms with Crippen LogP contribution in [0.3, 0.4) is 0 Å². The van der Waals surface area contributed by atoms with Crippen molar-refractivity contribution in [1.29, 1.82) is 0 Å². The molecule has 1 aromatic rings. The summed E-state index contributed by atoms with van der Waals surface area (Å²) in [5.74, 6) is 0. The molecule has 0 spiro atoms. The number of aryl methyl sites for hydroxylation is 1. The number of hydrogen-bond acceptors (Lipinski definition) is 4. The van der Waals surface area contributed by atoms with Crippen LogP contribution >= 0.6 is 27.3 Å². The van der Waals surface area contributed by atoms with Gasteiger partial charge in [0.15, 0.2) is 9.84 Å². The standard InChI is InChI=1S/C9H14BrNO2S2/c1-5-4-7(10)9(14-5)8(11)6(2)15(3,12)13/h4,6,8H,11H2,1-3H3. The lowest BCUT2D eigenvalue weighted by Gasteiger charge is -2.17. The molecule has 1 rings (SSSR count). The van der Waals surface area contributed by atoms with Gasteiger partial charge in [0.25, 0.3) is 0 Å². The van der Waals surface area contributed by atoms with Gasteiger partial charge in [-0.2, -0.15) is 0 Å². The molecule has 0 aromatic carbocycles. The smallest absolute Gasteiger partial charge is 0.151 e. The Morgan fingerprint density at radius 1 is 1.53 bits per heavy atom. The normalized spacial score (nSPS) is 16.3. The number of nitrogens with two attached hydrogens (primary N) is 1. The zero-order valence-corrected chi connectivity index (χ0v) is 12.0. The van der Waals surface area contributed by atoms with Crippen LogP contribution in [-0.2, 0) is 9.84 Å². The van der Waals surface area contributed by atoms with E-state index in [1.54, 1.807) is 6.92 Å². The van der Waals surface area contributed by atoms with Gasteiger partial charge in [-0.15, -0.1) is 11.3 Å². The van der Waals surface area contributed by atoms with E-state index in [-0.39, 0.29) is 0 Å². The van der Waals surface area contributed by atoms with Gasteiger partial charge in [0, 0.05) is 20.5 Å². The molecule has 0 bridgehead atoms. The Balaban J connectivity index is 3.05. The molecule has 3 nitrogen and oxygen atoms in total. The van der Waals surface area contributed by atoms with Crippen molar-refractivity contribution in [2.75, 3.05) is 6.26 Å². The Bertz CT molecular complexity index is 453. The lowest BCUT2D eigenvalue weighted by molar-refractivity contribution is 0.572. The van der Waals surface area contributed by atoms with E-state index in [9.17, 15) is 8.42 Å². The number of thiophene rings is 1. The van der Waals surface area contributed by atoms with E-state index >= 15 is 0 Å². The van der Waals surface area contributed by atoms with Gasteiger partial charge in [0.05, 0.1) is 11.3 Å². The van der Waals surface area contributed by atoms with Crippen LogP contribution in [0.25, 0.3) is 0 Å². The molecule has 0 aliphatic rings. The van der Waals surface area contributed by atoms with Crippen LogP contribution < -0.4 is 5.73 Å². The number of halogens is 1. The molecule has 0 aliphatic carbocycles.